The summed E-state index contributed by atoms with van der Waals surface area (Å²) in [5.74, 6) is 0.570. The van der Waals surface area contributed by atoms with Gasteiger partial charge in [-0.05, 0) is 20.3 Å². The average Bonchev–Trinajstić information content (AvgIpc) is 1.97. The van der Waals surface area contributed by atoms with E-state index in [-0.39, 0.29) is 0 Å². The Balaban J connectivity index is 3.41. The van der Waals surface area contributed by atoms with Crippen molar-refractivity contribution in [1.29, 1.82) is 0 Å². The second kappa shape index (κ2) is 6.95. The fourth-order valence-electron chi connectivity index (χ4n) is 0.903. The van der Waals surface area contributed by atoms with Crippen molar-refractivity contribution in [3.05, 3.63) is 0 Å². The quantitative estimate of drug-likeness (QED) is 0.374. The Hall–Kier alpha value is -0.730. The number of nitrogens with two attached hydrogens (primary N) is 1. The zero-order chi connectivity index (χ0) is 9.40. The summed E-state index contributed by atoms with van der Waals surface area (Å²) >= 11 is 0. The largest absolute Gasteiger partial charge is 0.370 e. The Morgan fingerprint density at radius 1 is 1.42 bits per heavy atom. The van der Waals surface area contributed by atoms with E-state index in [9.17, 15) is 0 Å². The van der Waals surface area contributed by atoms with Gasteiger partial charge in [-0.25, -0.2) is 0 Å². The summed E-state index contributed by atoms with van der Waals surface area (Å²) in [6.45, 7) is 7.13. The van der Waals surface area contributed by atoms with E-state index in [4.69, 9.17) is 5.73 Å². The van der Waals surface area contributed by atoms with Crippen LogP contribution in [-0.4, -0.2) is 18.5 Å². The van der Waals surface area contributed by atoms with E-state index in [1.165, 1.54) is 12.8 Å². The summed E-state index contributed by atoms with van der Waals surface area (Å²) in [5, 5.41) is 3.05. The molecule has 0 aromatic rings. The van der Waals surface area contributed by atoms with Gasteiger partial charge in [0.2, 0.25) is 0 Å². The first kappa shape index (κ1) is 11.3. The maximum atomic E-state index is 5.60. The predicted octanol–water partition coefficient (Wildman–Crippen LogP) is 1.49. The van der Waals surface area contributed by atoms with Crippen molar-refractivity contribution >= 4 is 5.96 Å². The zero-order valence-corrected chi connectivity index (χ0v) is 8.43. The van der Waals surface area contributed by atoms with Gasteiger partial charge >= 0.3 is 0 Å². The molecule has 0 saturated carbocycles. The summed E-state index contributed by atoms with van der Waals surface area (Å²) in [7, 11) is 0. The maximum absolute atomic E-state index is 5.60. The van der Waals surface area contributed by atoms with Gasteiger partial charge in [0.1, 0.15) is 0 Å². The van der Waals surface area contributed by atoms with Gasteiger partial charge in [-0.2, -0.15) is 0 Å². The third-order valence-electron chi connectivity index (χ3n) is 1.48. The summed E-state index contributed by atoms with van der Waals surface area (Å²) in [6, 6.07) is 0.375. The molecule has 0 aliphatic rings. The Morgan fingerprint density at radius 3 is 2.58 bits per heavy atom. The monoisotopic (exact) mass is 171 g/mol. The standard InChI is InChI=1S/C9H21N3/c1-4-5-6-7-11-9(10)12-8(2)3/h8H,4-7H2,1-3H3,(H3,10,11,12). The molecule has 0 atom stereocenters. The Kier molecular flexibility index (Phi) is 6.53. The average molecular weight is 171 g/mol. The highest BCUT2D eigenvalue weighted by Crippen LogP contribution is 1.93. The molecule has 0 aromatic heterocycles. The Labute approximate surface area is 75.4 Å². The molecule has 12 heavy (non-hydrogen) atoms. The van der Waals surface area contributed by atoms with Gasteiger partial charge in [-0.3, -0.25) is 4.99 Å². The van der Waals surface area contributed by atoms with Crippen LogP contribution >= 0.6 is 0 Å². The molecule has 0 amide bonds. The van der Waals surface area contributed by atoms with Crippen LogP contribution in [0.15, 0.2) is 4.99 Å². The number of aliphatic imine (C=N–C) groups is 1. The summed E-state index contributed by atoms with van der Waals surface area (Å²) in [4.78, 5) is 4.19. The van der Waals surface area contributed by atoms with Gasteiger partial charge in [0.25, 0.3) is 0 Å². The minimum atomic E-state index is 0.375. The third-order valence-corrected chi connectivity index (χ3v) is 1.48. The van der Waals surface area contributed by atoms with Crippen LogP contribution in [0.3, 0.4) is 0 Å². The van der Waals surface area contributed by atoms with Crippen molar-refractivity contribution in [3.8, 4) is 0 Å². The van der Waals surface area contributed by atoms with E-state index >= 15 is 0 Å². The molecule has 72 valence electrons. The molecule has 3 nitrogen and oxygen atoms in total. The third kappa shape index (κ3) is 7.38. The minimum Gasteiger partial charge on any atom is -0.370 e. The predicted molar refractivity (Wildman–Crippen MR) is 54.3 cm³/mol. The van der Waals surface area contributed by atoms with Crippen LogP contribution < -0.4 is 11.1 Å². The van der Waals surface area contributed by atoms with Crippen LogP contribution in [0.5, 0.6) is 0 Å². The van der Waals surface area contributed by atoms with E-state index < -0.39 is 0 Å². The van der Waals surface area contributed by atoms with Gasteiger partial charge in [0.15, 0.2) is 5.96 Å². The van der Waals surface area contributed by atoms with E-state index in [1.807, 2.05) is 0 Å². The van der Waals surface area contributed by atoms with Gasteiger partial charge in [0, 0.05) is 12.6 Å². The summed E-state index contributed by atoms with van der Waals surface area (Å²) in [6.07, 6.45) is 3.60. The number of hydrogen-bond acceptors (Lipinski definition) is 1. The lowest BCUT2D eigenvalue weighted by Gasteiger charge is -2.07. The van der Waals surface area contributed by atoms with Gasteiger partial charge in [-0.1, -0.05) is 19.8 Å². The van der Waals surface area contributed by atoms with Crippen molar-refractivity contribution in [2.75, 3.05) is 6.54 Å². The second-order valence-electron chi connectivity index (χ2n) is 3.27. The van der Waals surface area contributed by atoms with Crippen molar-refractivity contribution in [2.24, 2.45) is 10.7 Å². The van der Waals surface area contributed by atoms with Crippen LogP contribution in [0.1, 0.15) is 40.0 Å². The fourth-order valence-corrected chi connectivity index (χ4v) is 0.903. The lowest BCUT2D eigenvalue weighted by Crippen LogP contribution is -2.36. The molecule has 0 heterocycles. The Morgan fingerprint density at radius 2 is 2.08 bits per heavy atom. The van der Waals surface area contributed by atoms with Crippen molar-refractivity contribution in [2.45, 2.75) is 46.1 Å². The number of guanidine groups is 1. The van der Waals surface area contributed by atoms with E-state index in [0.29, 0.717) is 12.0 Å². The zero-order valence-electron chi connectivity index (χ0n) is 8.43. The smallest absolute Gasteiger partial charge is 0.188 e. The van der Waals surface area contributed by atoms with Gasteiger partial charge < -0.3 is 11.1 Å². The van der Waals surface area contributed by atoms with Crippen LogP contribution in [0.2, 0.25) is 0 Å². The SMILES string of the molecule is CCCCCN=C(N)NC(C)C. The maximum Gasteiger partial charge on any atom is 0.188 e. The molecule has 0 aliphatic carbocycles. The number of unbranched alkanes of at least 4 members (excludes halogenated alkanes) is 2. The fraction of sp³-hybridized carbons (Fsp3) is 0.889. The lowest BCUT2D eigenvalue weighted by atomic mass is 10.2. The molecule has 0 unspecified atom stereocenters. The first-order chi connectivity index (χ1) is 5.66. The highest BCUT2D eigenvalue weighted by Gasteiger charge is 1.93. The highest BCUT2D eigenvalue weighted by atomic mass is 15.1. The molecule has 3 N–H and O–H groups in total. The highest BCUT2D eigenvalue weighted by molar-refractivity contribution is 5.77. The molecular formula is C9H21N3. The molecule has 3 heteroatoms. The summed E-state index contributed by atoms with van der Waals surface area (Å²) < 4.78 is 0. The van der Waals surface area contributed by atoms with Gasteiger partial charge in [0.05, 0.1) is 0 Å². The molecule has 0 rings (SSSR count). The van der Waals surface area contributed by atoms with Crippen LogP contribution in [0.25, 0.3) is 0 Å². The number of nitrogens with one attached hydrogen (secondary N) is 1. The molecule has 0 bridgehead atoms. The molecular weight excluding hydrogens is 150 g/mol. The van der Waals surface area contributed by atoms with Crippen molar-refractivity contribution in [3.63, 3.8) is 0 Å². The number of nitrogens with zero attached hydrogens (tertiary/aromatic N) is 1. The molecule has 0 radical (unpaired) electrons. The number of rotatable bonds is 5. The van der Waals surface area contributed by atoms with Crippen LogP contribution in [0.4, 0.5) is 0 Å². The molecule has 0 spiro atoms. The second-order valence-corrected chi connectivity index (χ2v) is 3.27. The van der Waals surface area contributed by atoms with E-state index in [1.54, 1.807) is 0 Å². The van der Waals surface area contributed by atoms with E-state index in [2.05, 4.69) is 31.1 Å². The Bertz CT molecular complexity index is 130. The topological polar surface area (TPSA) is 50.4 Å². The van der Waals surface area contributed by atoms with Crippen molar-refractivity contribution < 1.29 is 0 Å². The first-order valence-corrected chi connectivity index (χ1v) is 4.73. The first-order valence-electron chi connectivity index (χ1n) is 4.73. The molecule has 0 aliphatic heterocycles. The number of hydrogen-bond donors (Lipinski definition) is 2. The van der Waals surface area contributed by atoms with Crippen molar-refractivity contribution in [1.82, 2.24) is 5.32 Å². The van der Waals surface area contributed by atoms with Crippen LogP contribution in [-0.2, 0) is 0 Å². The molecule has 0 saturated heterocycles. The molecule has 0 aromatic carbocycles. The normalized spacial score (nSPS) is 12.2. The van der Waals surface area contributed by atoms with E-state index in [0.717, 1.165) is 13.0 Å². The van der Waals surface area contributed by atoms with Crippen LogP contribution in [0, 0.1) is 0 Å². The molecule has 0 fully saturated rings. The summed E-state index contributed by atoms with van der Waals surface area (Å²) in [5.41, 5.74) is 5.60. The van der Waals surface area contributed by atoms with Gasteiger partial charge in [-0.15, -0.1) is 0 Å². The lowest BCUT2D eigenvalue weighted by molar-refractivity contribution is 0.703. The minimum absolute atomic E-state index is 0.375.